The Morgan fingerprint density at radius 2 is 1.89 bits per heavy atom. The van der Waals surface area contributed by atoms with Crippen LogP contribution >= 0.6 is 0 Å². The van der Waals surface area contributed by atoms with Gasteiger partial charge in [-0.15, -0.1) is 0 Å². The number of benzene rings is 1. The van der Waals surface area contributed by atoms with Crippen LogP contribution in [0.25, 0.3) is 0 Å². The third-order valence-corrected chi connectivity index (χ3v) is 4.68. The van der Waals surface area contributed by atoms with Crippen LogP contribution in [-0.4, -0.2) is 25.0 Å². The number of rotatable bonds is 3. The number of fused-ring (bicyclic) bond motifs is 1. The van der Waals surface area contributed by atoms with Crippen LogP contribution in [0, 0.1) is 5.92 Å². The van der Waals surface area contributed by atoms with Crippen LogP contribution in [0.3, 0.4) is 0 Å². The molecule has 1 aromatic carbocycles. The van der Waals surface area contributed by atoms with Gasteiger partial charge in [-0.3, -0.25) is 0 Å². The summed E-state index contributed by atoms with van der Waals surface area (Å²) in [5.74, 6) is 0.745. The molecule has 3 rings (SSSR count). The van der Waals surface area contributed by atoms with Crippen molar-refractivity contribution in [2.75, 3.05) is 14.1 Å². The van der Waals surface area contributed by atoms with E-state index in [0.717, 1.165) is 5.92 Å². The Hall–Kier alpha value is -0.860. The molecule has 2 nitrogen and oxygen atoms in total. The van der Waals surface area contributed by atoms with E-state index in [0.29, 0.717) is 12.1 Å². The van der Waals surface area contributed by atoms with Gasteiger partial charge in [0.1, 0.15) is 0 Å². The molecule has 1 aromatic rings. The summed E-state index contributed by atoms with van der Waals surface area (Å²) in [4.78, 5) is 2.37. The fraction of sp³-hybridized carbons (Fsp3) is 0.625. The molecule has 0 bridgehead atoms. The van der Waals surface area contributed by atoms with Crippen molar-refractivity contribution in [1.29, 1.82) is 0 Å². The summed E-state index contributed by atoms with van der Waals surface area (Å²) in [5.41, 5.74) is 10.6. The molecule has 0 radical (unpaired) electrons. The van der Waals surface area contributed by atoms with Crippen LogP contribution in [0.15, 0.2) is 18.2 Å². The van der Waals surface area contributed by atoms with E-state index in [-0.39, 0.29) is 0 Å². The summed E-state index contributed by atoms with van der Waals surface area (Å²) >= 11 is 0. The highest BCUT2D eigenvalue weighted by Crippen LogP contribution is 2.40. The van der Waals surface area contributed by atoms with Crippen molar-refractivity contribution < 1.29 is 0 Å². The minimum atomic E-state index is 0.437. The molecule has 0 spiro atoms. The third-order valence-electron chi connectivity index (χ3n) is 4.68. The van der Waals surface area contributed by atoms with Gasteiger partial charge in [0.25, 0.3) is 0 Å². The average Bonchev–Trinajstić information content (AvgIpc) is 2.73. The predicted molar refractivity (Wildman–Crippen MR) is 75.6 cm³/mol. The molecule has 2 heteroatoms. The lowest BCUT2D eigenvalue weighted by atomic mass is 9.73. The first-order valence-electron chi connectivity index (χ1n) is 7.19. The fourth-order valence-corrected chi connectivity index (χ4v) is 3.73. The van der Waals surface area contributed by atoms with Crippen LogP contribution in [0.4, 0.5) is 0 Å². The first-order chi connectivity index (χ1) is 8.65. The molecule has 18 heavy (non-hydrogen) atoms. The van der Waals surface area contributed by atoms with Crippen LogP contribution in [0.2, 0.25) is 0 Å². The molecule has 0 aromatic heterocycles. The molecule has 0 heterocycles. The molecular formula is C16H24N2. The number of hydrogen-bond donors (Lipinski definition) is 1. The minimum absolute atomic E-state index is 0.437. The second-order valence-electron chi connectivity index (χ2n) is 6.28. The highest BCUT2D eigenvalue weighted by atomic mass is 15.1. The lowest BCUT2D eigenvalue weighted by Crippen LogP contribution is -2.43. The van der Waals surface area contributed by atoms with E-state index in [1.807, 2.05) is 0 Å². The van der Waals surface area contributed by atoms with Gasteiger partial charge in [0, 0.05) is 12.1 Å². The molecular weight excluding hydrogens is 220 g/mol. The molecule has 0 saturated heterocycles. The van der Waals surface area contributed by atoms with Crippen LogP contribution in [0.1, 0.15) is 42.0 Å². The Bertz CT molecular complexity index is 433. The van der Waals surface area contributed by atoms with Crippen molar-refractivity contribution in [1.82, 2.24) is 4.90 Å². The quantitative estimate of drug-likeness (QED) is 0.885. The highest BCUT2D eigenvalue weighted by Gasteiger charge is 2.35. The first-order valence-corrected chi connectivity index (χ1v) is 7.19. The van der Waals surface area contributed by atoms with E-state index in [1.165, 1.54) is 37.7 Å². The van der Waals surface area contributed by atoms with E-state index < -0.39 is 0 Å². The lowest BCUT2D eigenvalue weighted by molar-refractivity contribution is 0.123. The molecule has 0 aliphatic heterocycles. The van der Waals surface area contributed by atoms with Gasteiger partial charge in [-0.05, 0) is 68.8 Å². The maximum absolute atomic E-state index is 5.96. The van der Waals surface area contributed by atoms with Gasteiger partial charge < -0.3 is 10.6 Å². The molecule has 1 fully saturated rings. The Labute approximate surface area is 110 Å². The summed E-state index contributed by atoms with van der Waals surface area (Å²) in [6.45, 7) is 0. The largest absolute Gasteiger partial charge is 0.328 e. The normalized spacial score (nSPS) is 28.0. The molecule has 2 N–H and O–H groups in total. The van der Waals surface area contributed by atoms with Crippen LogP contribution in [-0.2, 0) is 12.8 Å². The summed E-state index contributed by atoms with van der Waals surface area (Å²) in [7, 11) is 4.39. The van der Waals surface area contributed by atoms with Gasteiger partial charge in [0.15, 0.2) is 0 Å². The topological polar surface area (TPSA) is 29.3 Å². The Morgan fingerprint density at radius 1 is 1.17 bits per heavy atom. The van der Waals surface area contributed by atoms with Gasteiger partial charge in [-0.25, -0.2) is 0 Å². The number of hydrogen-bond acceptors (Lipinski definition) is 2. The summed E-state index contributed by atoms with van der Waals surface area (Å²) in [5, 5.41) is 0. The zero-order chi connectivity index (χ0) is 12.7. The second kappa shape index (κ2) is 4.67. The van der Waals surface area contributed by atoms with Crippen molar-refractivity contribution in [3.05, 3.63) is 34.9 Å². The van der Waals surface area contributed by atoms with E-state index in [9.17, 15) is 0 Å². The zero-order valence-corrected chi connectivity index (χ0v) is 11.5. The molecule has 1 atom stereocenters. The van der Waals surface area contributed by atoms with Gasteiger partial charge in [0.2, 0.25) is 0 Å². The number of nitrogens with two attached hydrogens (primary N) is 1. The van der Waals surface area contributed by atoms with Crippen molar-refractivity contribution in [2.45, 2.75) is 44.2 Å². The highest BCUT2D eigenvalue weighted by molar-refractivity contribution is 5.37. The van der Waals surface area contributed by atoms with Gasteiger partial charge in [0.05, 0.1) is 0 Å². The van der Waals surface area contributed by atoms with Gasteiger partial charge in [-0.1, -0.05) is 18.2 Å². The number of aryl methyl sites for hydroxylation is 2. The smallest absolute Gasteiger partial charge is 0.0371 e. The molecule has 1 saturated carbocycles. The second-order valence-corrected chi connectivity index (χ2v) is 6.28. The van der Waals surface area contributed by atoms with Crippen LogP contribution < -0.4 is 5.73 Å². The van der Waals surface area contributed by atoms with E-state index in [1.54, 1.807) is 11.1 Å². The molecule has 2 aliphatic carbocycles. The van der Waals surface area contributed by atoms with E-state index in [4.69, 9.17) is 5.73 Å². The van der Waals surface area contributed by atoms with Crippen molar-refractivity contribution in [2.24, 2.45) is 11.7 Å². The fourth-order valence-electron chi connectivity index (χ4n) is 3.73. The van der Waals surface area contributed by atoms with Crippen molar-refractivity contribution in [3.8, 4) is 0 Å². The van der Waals surface area contributed by atoms with Crippen molar-refractivity contribution >= 4 is 0 Å². The Morgan fingerprint density at radius 3 is 2.56 bits per heavy atom. The summed E-state index contributed by atoms with van der Waals surface area (Å²) < 4.78 is 0. The van der Waals surface area contributed by atoms with E-state index in [2.05, 4.69) is 37.2 Å². The lowest BCUT2D eigenvalue weighted by Gasteiger charge is -2.42. The SMILES string of the molecule is CN(C)C(c1ccc2c(c1)CCC2)C1CC(N)C1. The predicted octanol–water partition coefficient (Wildman–Crippen LogP) is 2.52. The Balaban J connectivity index is 1.86. The van der Waals surface area contributed by atoms with Gasteiger partial charge in [-0.2, -0.15) is 0 Å². The minimum Gasteiger partial charge on any atom is -0.328 e. The maximum atomic E-state index is 5.96. The van der Waals surface area contributed by atoms with Crippen molar-refractivity contribution in [3.63, 3.8) is 0 Å². The van der Waals surface area contributed by atoms with Crippen LogP contribution in [0.5, 0.6) is 0 Å². The van der Waals surface area contributed by atoms with Gasteiger partial charge >= 0.3 is 0 Å². The first kappa shape index (κ1) is 12.2. The Kier molecular flexibility index (Phi) is 3.16. The molecule has 1 unspecified atom stereocenters. The summed E-state index contributed by atoms with van der Waals surface area (Å²) in [6, 6.07) is 8.14. The zero-order valence-electron chi connectivity index (χ0n) is 11.5. The number of nitrogens with zero attached hydrogens (tertiary/aromatic N) is 1. The summed E-state index contributed by atoms with van der Waals surface area (Å²) in [6.07, 6.45) is 6.24. The molecule has 98 valence electrons. The van der Waals surface area contributed by atoms with E-state index >= 15 is 0 Å². The molecule has 0 amide bonds. The maximum Gasteiger partial charge on any atom is 0.0371 e. The molecule has 2 aliphatic rings. The monoisotopic (exact) mass is 244 g/mol. The standard InChI is InChI=1S/C16H24N2/c1-18(2)16(14-9-15(17)10-14)13-7-6-11-4-3-5-12(11)8-13/h6-8,14-16H,3-5,9-10,17H2,1-2H3. The average molecular weight is 244 g/mol. The third kappa shape index (κ3) is 2.08.